The van der Waals surface area contributed by atoms with Gasteiger partial charge in [-0.15, -0.1) is 0 Å². The Balaban J connectivity index is 1.37. The van der Waals surface area contributed by atoms with E-state index in [0.29, 0.717) is 11.7 Å². The number of nitrogens with one attached hydrogen (secondary N) is 1. The molecule has 5 nitrogen and oxygen atoms in total. The number of benzene rings is 3. The van der Waals surface area contributed by atoms with Crippen molar-refractivity contribution in [1.82, 2.24) is 14.9 Å². The highest BCUT2D eigenvalue weighted by Gasteiger charge is 2.43. The number of thioether (sulfide) groups is 1. The van der Waals surface area contributed by atoms with Gasteiger partial charge in [0.1, 0.15) is 0 Å². The topological polar surface area (TPSA) is 64.0 Å². The van der Waals surface area contributed by atoms with Gasteiger partial charge in [0.05, 0.1) is 22.7 Å². The maximum absolute atomic E-state index is 14.6. The summed E-state index contributed by atoms with van der Waals surface area (Å²) >= 11 is 1.34. The zero-order valence-corrected chi connectivity index (χ0v) is 23.8. The van der Waals surface area contributed by atoms with E-state index in [-0.39, 0.29) is 22.6 Å². The number of rotatable bonds is 7. The van der Waals surface area contributed by atoms with E-state index in [1.54, 1.807) is 4.57 Å². The Morgan fingerprint density at radius 2 is 1.68 bits per heavy atom. The molecule has 204 valence electrons. The normalized spacial score (nSPS) is 15.3. The molecule has 1 aromatic heterocycles. The van der Waals surface area contributed by atoms with Gasteiger partial charge in [-0.1, -0.05) is 103 Å². The van der Waals surface area contributed by atoms with Crippen molar-refractivity contribution in [2.45, 2.75) is 62.4 Å². The molecule has 6 rings (SSSR count). The lowest BCUT2D eigenvalue weighted by atomic mass is 9.62. The fraction of sp³-hybridized carbons (Fsp3) is 0.324. The third-order valence-electron chi connectivity index (χ3n) is 8.40. The van der Waals surface area contributed by atoms with E-state index in [4.69, 9.17) is 4.98 Å². The van der Waals surface area contributed by atoms with Crippen LogP contribution in [0.4, 0.5) is 0 Å². The van der Waals surface area contributed by atoms with Gasteiger partial charge in [-0.2, -0.15) is 0 Å². The van der Waals surface area contributed by atoms with E-state index in [1.807, 2.05) is 55.5 Å². The molecule has 1 heterocycles. The van der Waals surface area contributed by atoms with Crippen molar-refractivity contribution in [1.29, 1.82) is 0 Å². The quantitative estimate of drug-likeness (QED) is 0.214. The second-order valence-electron chi connectivity index (χ2n) is 11.1. The Morgan fingerprint density at radius 1 is 0.950 bits per heavy atom. The fourth-order valence-corrected chi connectivity index (χ4v) is 7.21. The van der Waals surface area contributed by atoms with Crippen LogP contribution in [0.15, 0.2) is 88.8 Å². The van der Waals surface area contributed by atoms with Gasteiger partial charge in [0.25, 0.3) is 5.56 Å². The van der Waals surface area contributed by atoms with E-state index in [1.165, 1.54) is 29.3 Å². The molecule has 40 heavy (non-hydrogen) atoms. The van der Waals surface area contributed by atoms with Crippen LogP contribution in [0.5, 0.6) is 0 Å². The van der Waals surface area contributed by atoms with Gasteiger partial charge >= 0.3 is 0 Å². The summed E-state index contributed by atoms with van der Waals surface area (Å²) in [6.07, 6.45) is 7.16. The standard InChI is InChI=1S/C34H35N3O2S/c1-24-14-16-27(17-15-24)37-32(39)30-31(28-13-7-6-12-26(28)22-34(30)19-8-3-9-20-34)36-33(37)40-23-29(38)35-21-18-25-10-4-2-5-11-25/h2,4-7,10-17H,3,8-9,18-23H2,1H3,(H,35,38). The summed E-state index contributed by atoms with van der Waals surface area (Å²) in [5.41, 5.74) is 6.94. The number of carbonyl (C=O) groups is 1. The molecule has 0 atom stereocenters. The SMILES string of the molecule is Cc1ccc(-n2c(SCC(=O)NCCc3ccccc3)nc3c(c2=O)C2(CCCCC2)Cc2ccccc2-3)cc1. The van der Waals surface area contributed by atoms with Gasteiger partial charge in [-0.05, 0) is 55.9 Å². The smallest absolute Gasteiger partial charge is 0.263 e. The van der Waals surface area contributed by atoms with Gasteiger partial charge in [0, 0.05) is 17.5 Å². The molecule has 2 aliphatic carbocycles. The summed E-state index contributed by atoms with van der Waals surface area (Å²) in [4.78, 5) is 32.7. The lowest BCUT2D eigenvalue weighted by Gasteiger charge is -2.42. The number of fused-ring (bicyclic) bond motifs is 4. The molecule has 3 aromatic carbocycles. The first kappa shape index (κ1) is 26.6. The number of hydrogen-bond donors (Lipinski definition) is 1. The van der Waals surface area contributed by atoms with Crippen molar-refractivity contribution >= 4 is 17.7 Å². The van der Waals surface area contributed by atoms with E-state index < -0.39 is 0 Å². The molecule has 1 spiro atoms. The highest BCUT2D eigenvalue weighted by atomic mass is 32.2. The minimum atomic E-state index is -0.184. The Bertz CT molecular complexity index is 1570. The molecular weight excluding hydrogens is 514 g/mol. The number of aryl methyl sites for hydroxylation is 1. The molecule has 4 aromatic rings. The molecule has 1 fully saturated rings. The highest BCUT2D eigenvalue weighted by molar-refractivity contribution is 7.99. The summed E-state index contributed by atoms with van der Waals surface area (Å²) in [6.45, 7) is 2.61. The summed E-state index contributed by atoms with van der Waals surface area (Å²) < 4.78 is 1.75. The monoisotopic (exact) mass is 549 g/mol. The maximum atomic E-state index is 14.6. The van der Waals surface area contributed by atoms with Crippen LogP contribution < -0.4 is 10.9 Å². The Kier molecular flexibility index (Phi) is 7.61. The number of nitrogens with zero attached hydrogens (tertiary/aromatic N) is 2. The third kappa shape index (κ3) is 5.25. The van der Waals surface area contributed by atoms with Crippen LogP contribution in [0.25, 0.3) is 16.9 Å². The van der Waals surface area contributed by atoms with Crippen LogP contribution in [0.2, 0.25) is 0 Å². The second kappa shape index (κ2) is 11.5. The molecule has 0 saturated heterocycles. The predicted molar refractivity (Wildman–Crippen MR) is 162 cm³/mol. The van der Waals surface area contributed by atoms with E-state index >= 15 is 0 Å². The molecule has 1 saturated carbocycles. The number of carbonyl (C=O) groups excluding carboxylic acids is 1. The van der Waals surface area contributed by atoms with E-state index in [9.17, 15) is 9.59 Å². The first-order valence-corrected chi connectivity index (χ1v) is 15.3. The zero-order chi connectivity index (χ0) is 27.5. The highest BCUT2D eigenvalue weighted by Crippen LogP contribution is 2.49. The van der Waals surface area contributed by atoms with Crippen LogP contribution in [0, 0.1) is 6.92 Å². The molecule has 6 heteroatoms. The molecule has 0 radical (unpaired) electrons. The number of aromatic nitrogens is 2. The van der Waals surface area contributed by atoms with E-state index in [0.717, 1.165) is 66.6 Å². The maximum Gasteiger partial charge on any atom is 0.263 e. The first-order chi connectivity index (χ1) is 19.5. The van der Waals surface area contributed by atoms with Gasteiger partial charge in [0.15, 0.2) is 5.16 Å². The van der Waals surface area contributed by atoms with Crippen LogP contribution in [-0.4, -0.2) is 27.8 Å². The second-order valence-corrected chi connectivity index (χ2v) is 12.1. The lowest BCUT2D eigenvalue weighted by Crippen LogP contribution is -2.43. The average molecular weight is 550 g/mol. The Hall–Kier alpha value is -3.64. The van der Waals surface area contributed by atoms with Crippen LogP contribution in [0.1, 0.15) is 54.4 Å². The van der Waals surface area contributed by atoms with Gasteiger partial charge in [-0.3, -0.25) is 14.2 Å². The molecular formula is C34H35N3O2S. The molecule has 0 bridgehead atoms. The number of hydrogen-bond acceptors (Lipinski definition) is 4. The zero-order valence-electron chi connectivity index (χ0n) is 23.0. The molecule has 2 aliphatic rings. The van der Waals surface area contributed by atoms with Gasteiger partial charge in [0.2, 0.25) is 5.91 Å². The minimum absolute atomic E-state index is 0.0113. The van der Waals surface area contributed by atoms with Crippen molar-refractivity contribution in [2.75, 3.05) is 12.3 Å². The molecule has 0 aliphatic heterocycles. The Morgan fingerprint density at radius 3 is 2.45 bits per heavy atom. The average Bonchev–Trinajstić information content (AvgIpc) is 2.97. The van der Waals surface area contributed by atoms with Crippen molar-refractivity contribution in [3.05, 3.63) is 111 Å². The molecule has 0 unspecified atom stereocenters. The van der Waals surface area contributed by atoms with E-state index in [2.05, 4.69) is 35.6 Å². The molecule has 1 amide bonds. The summed E-state index contributed by atoms with van der Waals surface area (Å²) in [5.74, 6) is 0.131. The summed E-state index contributed by atoms with van der Waals surface area (Å²) in [5, 5.41) is 3.60. The summed E-state index contributed by atoms with van der Waals surface area (Å²) in [6, 6.07) is 26.6. The third-order valence-corrected chi connectivity index (χ3v) is 9.34. The van der Waals surface area contributed by atoms with Crippen molar-refractivity contribution < 1.29 is 4.79 Å². The van der Waals surface area contributed by atoms with Crippen LogP contribution >= 0.6 is 11.8 Å². The largest absolute Gasteiger partial charge is 0.355 e. The van der Waals surface area contributed by atoms with Crippen LogP contribution in [0.3, 0.4) is 0 Å². The Labute approximate surface area is 240 Å². The van der Waals surface area contributed by atoms with Gasteiger partial charge in [-0.25, -0.2) is 4.98 Å². The minimum Gasteiger partial charge on any atom is -0.355 e. The lowest BCUT2D eigenvalue weighted by molar-refractivity contribution is -0.118. The van der Waals surface area contributed by atoms with Crippen molar-refractivity contribution in [3.8, 4) is 16.9 Å². The van der Waals surface area contributed by atoms with Gasteiger partial charge < -0.3 is 5.32 Å². The van der Waals surface area contributed by atoms with Crippen LogP contribution in [-0.2, 0) is 23.1 Å². The first-order valence-electron chi connectivity index (χ1n) is 14.3. The fourth-order valence-electron chi connectivity index (χ4n) is 6.38. The van der Waals surface area contributed by atoms with Crippen molar-refractivity contribution in [3.63, 3.8) is 0 Å². The summed E-state index contributed by atoms with van der Waals surface area (Å²) in [7, 11) is 0. The predicted octanol–water partition coefficient (Wildman–Crippen LogP) is 6.42. The van der Waals surface area contributed by atoms with Crippen molar-refractivity contribution in [2.24, 2.45) is 0 Å². The molecule has 1 N–H and O–H groups in total. The number of amides is 1.